The number of amides is 1. The monoisotopic (exact) mass is 342 g/mol. The number of nitrogens with one attached hydrogen (secondary N) is 1. The molecule has 2 aromatic rings. The average molecular weight is 342 g/mol. The molecule has 0 aliphatic carbocycles. The highest BCUT2D eigenvalue weighted by Gasteiger charge is 2.04. The van der Waals surface area contributed by atoms with Crippen molar-refractivity contribution >= 4 is 39.9 Å². The zero-order valence-corrected chi connectivity index (χ0v) is 11.1. The molecule has 1 amide bonds. The number of halogens is 1. The van der Waals surface area contributed by atoms with E-state index in [1.807, 2.05) is 24.3 Å². The van der Waals surface area contributed by atoms with E-state index in [1.54, 1.807) is 6.20 Å². The number of nitrogen functional groups attached to an aromatic ring is 1. The minimum Gasteiger partial charge on any atom is -0.396 e. The number of carbonyl (C=O) groups excluding carboxylic acids is 1. The molecule has 1 heterocycles. The number of carbonyl (C=O) groups is 1. The predicted molar refractivity (Wildman–Crippen MR) is 74.4 cm³/mol. The van der Waals surface area contributed by atoms with Gasteiger partial charge in [0.05, 0.1) is 11.9 Å². The Morgan fingerprint density at radius 1 is 1.41 bits per heavy atom. The van der Waals surface area contributed by atoms with Crippen LogP contribution in [-0.2, 0) is 11.3 Å². The number of anilines is 2. The highest BCUT2D eigenvalue weighted by molar-refractivity contribution is 14.1. The van der Waals surface area contributed by atoms with E-state index in [2.05, 4.69) is 33.0 Å². The van der Waals surface area contributed by atoms with E-state index >= 15 is 0 Å². The summed E-state index contributed by atoms with van der Waals surface area (Å²) in [5.74, 6) is -0.130. The molecular formula is C11H11IN4O. The van der Waals surface area contributed by atoms with E-state index in [9.17, 15) is 4.79 Å². The van der Waals surface area contributed by atoms with E-state index in [-0.39, 0.29) is 12.5 Å². The molecule has 88 valence electrons. The molecule has 0 fully saturated rings. The quantitative estimate of drug-likeness (QED) is 0.834. The number of nitrogens with zero attached hydrogens (tertiary/aromatic N) is 2. The Morgan fingerprint density at radius 3 is 2.71 bits per heavy atom. The lowest BCUT2D eigenvalue weighted by molar-refractivity contribution is -0.116. The van der Waals surface area contributed by atoms with Gasteiger partial charge >= 0.3 is 0 Å². The number of nitrogens with two attached hydrogens (primary N) is 1. The van der Waals surface area contributed by atoms with Gasteiger partial charge in [-0.15, -0.1) is 0 Å². The Kier molecular flexibility index (Phi) is 3.62. The first-order valence-corrected chi connectivity index (χ1v) is 6.05. The van der Waals surface area contributed by atoms with Crippen LogP contribution in [0.1, 0.15) is 0 Å². The van der Waals surface area contributed by atoms with E-state index in [1.165, 1.54) is 10.9 Å². The lowest BCUT2D eigenvalue weighted by Crippen LogP contribution is -2.18. The van der Waals surface area contributed by atoms with Gasteiger partial charge in [0.25, 0.3) is 0 Å². The summed E-state index contributed by atoms with van der Waals surface area (Å²) < 4.78 is 2.62. The van der Waals surface area contributed by atoms with Crippen LogP contribution in [0.3, 0.4) is 0 Å². The maximum Gasteiger partial charge on any atom is 0.246 e. The summed E-state index contributed by atoms with van der Waals surface area (Å²) in [6.07, 6.45) is 3.13. The topological polar surface area (TPSA) is 72.9 Å². The second-order valence-corrected chi connectivity index (χ2v) is 4.77. The first-order valence-electron chi connectivity index (χ1n) is 4.97. The fourth-order valence-electron chi connectivity index (χ4n) is 1.35. The first kappa shape index (κ1) is 11.9. The first-order chi connectivity index (χ1) is 8.13. The lowest BCUT2D eigenvalue weighted by atomic mass is 10.3. The normalized spacial score (nSPS) is 10.2. The highest BCUT2D eigenvalue weighted by atomic mass is 127. The fourth-order valence-corrected chi connectivity index (χ4v) is 1.71. The van der Waals surface area contributed by atoms with Crippen molar-refractivity contribution in [2.75, 3.05) is 11.1 Å². The van der Waals surface area contributed by atoms with Crippen molar-refractivity contribution < 1.29 is 4.79 Å². The minimum absolute atomic E-state index is 0.130. The maximum absolute atomic E-state index is 11.7. The van der Waals surface area contributed by atoms with E-state index in [0.717, 1.165) is 9.26 Å². The molecule has 3 N–H and O–H groups in total. The average Bonchev–Trinajstić information content (AvgIpc) is 2.67. The summed E-state index contributed by atoms with van der Waals surface area (Å²) >= 11 is 2.21. The molecule has 2 rings (SSSR count). The van der Waals surface area contributed by atoms with Gasteiger partial charge in [-0.25, -0.2) is 0 Å². The SMILES string of the molecule is Nc1cnn(CC(=O)Nc2ccc(I)cc2)c1. The van der Waals surface area contributed by atoms with E-state index < -0.39 is 0 Å². The molecule has 0 aliphatic rings. The third-order valence-corrected chi connectivity index (χ3v) is 2.81. The van der Waals surface area contributed by atoms with Crippen molar-refractivity contribution in [1.82, 2.24) is 9.78 Å². The van der Waals surface area contributed by atoms with Gasteiger partial charge in [-0.1, -0.05) is 0 Å². The molecule has 6 heteroatoms. The number of hydrogen-bond donors (Lipinski definition) is 2. The molecule has 0 bridgehead atoms. The smallest absolute Gasteiger partial charge is 0.246 e. The summed E-state index contributed by atoms with van der Waals surface area (Å²) in [7, 11) is 0. The third kappa shape index (κ3) is 3.45. The molecular weight excluding hydrogens is 331 g/mol. The standard InChI is InChI=1S/C11H11IN4O/c12-8-1-3-10(4-2-8)15-11(17)7-16-6-9(13)5-14-16/h1-6H,7,13H2,(H,15,17). The zero-order valence-electron chi connectivity index (χ0n) is 8.93. The molecule has 0 saturated heterocycles. The van der Waals surface area contributed by atoms with Crippen LogP contribution < -0.4 is 11.1 Å². The van der Waals surface area contributed by atoms with Crippen molar-refractivity contribution in [1.29, 1.82) is 0 Å². The van der Waals surface area contributed by atoms with Gasteiger partial charge in [-0.3, -0.25) is 9.48 Å². The number of benzene rings is 1. The molecule has 1 aromatic heterocycles. The molecule has 5 nitrogen and oxygen atoms in total. The highest BCUT2D eigenvalue weighted by Crippen LogP contribution is 2.11. The molecule has 0 atom stereocenters. The van der Waals surface area contributed by atoms with Crippen LogP contribution >= 0.6 is 22.6 Å². The minimum atomic E-state index is -0.130. The van der Waals surface area contributed by atoms with Crippen molar-refractivity contribution in [3.63, 3.8) is 0 Å². The maximum atomic E-state index is 11.7. The van der Waals surface area contributed by atoms with Crippen LogP contribution in [0.25, 0.3) is 0 Å². The Balaban J connectivity index is 1.95. The van der Waals surface area contributed by atoms with Crippen LogP contribution in [0.2, 0.25) is 0 Å². The van der Waals surface area contributed by atoms with Crippen LogP contribution in [-0.4, -0.2) is 15.7 Å². The third-order valence-electron chi connectivity index (χ3n) is 2.09. The predicted octanol–water partition coefficient (Wildman–Crippen LogP) is 1.71. The van der Waals surface area contributed by atoms with Crippen LogP contribution in [0.4, 0.5) is 11.4 Å². The summed E-state index contributed by atoms with van der Waals surface area (Å²) in [6.45, 7) is 0.156. The zero-order chi connectivity index (χ0) is 12.3. The van der Waals surface area contributed by atoms with E-state index in [0.29, 0.717) is 5.69 Å². The summed E-state index contributed by atoms with van der Waals surface area (Å²) in [5.41, 5.74) is 6.83. The summed E-state index contributed by atoms with van der Waals surface area (Å²) in [4.78, 5) is 11.7. The second kappa shape index (κ2) is 5.17. The van der Waals surface area contributed by atoms with Gasteiger partial charge < -0.3 is 11.1 Å². The molecule has 0 aliphatic heterocycles. The summed E-state index contributed by atoms with van der Waals surface area (Å²) in [6, 6.07) is 7.58. The molecule has 1 aromatic carbocycles. The number of rotatable bonds is 3. The second-order valence-electron chi connectivity index (χ2n) is 3.53. The summed E-state index contributed by atoms with van der Waals surface area (Å²) in [5, 5.41) is 6.72. The van der Waals surface area contributed by atoms with Gasteiger partial charge in [0, 0.05) is 15.5 Å². The Hall–Kier alpha value is -1.57. The van der Waals surface area contributed by atoms with Gasteiger partial charge in [-0.05, 0) is 46.9 Å². The molecule has 0 radical (unpaired) electrons. The Bertz CT molecular complexity index is 521. The van der Waals surface area contributed by atoms with Crippen molar-refractivity contribution in [3.05, 3.63) is 40.2 Å². The number of hydrogen-bond acceptors (Lipinski definition) is 3. The van der Waals surface area contributed by atoms with E-state index in [4.69, 9.17) is 5.73 Å². The van der Waals surface area contributed by atoms with Crippen LogP contribution in [0.15, 0.2) is 36.7 Å². The van der Waals surface area contributed by atoms with Gasteiger partial charge in [0.15, 0.2) is 0 Å². The fraction of sp³-hybridized carbons (Fsp3) is 0.0909. The van der Waals surface area contributed by atoms with Crippen LogP contribution in [0.5, 0.6) is 0 Å². The molecule has 0 saturated carbocycles. The Morgan fingerprint density at radius 2 is 2.12 bits per heavy atom. The van der Waals surface area contributed by atoms with Gasteiger partial charge in [-0.2, -0.15) is 5.10 Å². The van der Waals surface area contributed by atoms with Crippen LogP contribution in [0, 0.1) is 3.57 Å². The number of aromatic nitrogens is 2. The Labute approximate surface area is 112 Å². The lowest BCUT2D eigenvalue weighted by Gasteiger charge is -2.05. The van der Waals surface area contributed by atoms with Crippen molar-refractivity contribution in [2.24, 2.45) is 0 Å². The molecule has 0 spiro atoms. The van der Waals surface area contributed by atoms with Crippen molar-refractivity contribution in [3.8, 4) is 0 Å². The van der Waals surface area contributed by atoms with Crippen molar-refractivity contribution in [2.45, 2.75) is 6.54 Å². The van der Waals surface area contributed by atoms with Gasteiger partial charge in [0.2, 0.25) is 5.91 Å². The van der Waals surface area contributed by atoms with Gasteiger partial charge in [0.1, 0.15) is 6.54 Å². The molecule has 17 heavy (non-hydrogen) atoms. The molecule has 0 unspecified atom stereocenters. The largest absolute Gasteiger partial charge is 0.396 e.